The van der Waals surface area contributed by atoms with Gasteiger partial charge < -0.3 is 14.6 Å². The quantitative estimate of drug-likeness (QED) is 0.581. The van der Waals surface area contributed by atoms with Crippen molar-refractivity contribution < 1.29 is 49.0 Å². The average molecular weight is 395 g/mol. The van der Waals surface area contributed by atoms with Gasteiger partial charge in [-0.05, 0) is 41.5 Å². The fraction of sp³-hybridized carbons (Fsp3) is 0.130. The van der Waals surface area contributed by atoms with E-state index in [0.717, 1.165) is 5.56 Å². The van der Waals surface area contributed by atoms with Crippen molar-refractivity contribution in [2.45, 2.75) is 12.0 Å². The average Bonchev–Trinajstić information content (AvgIpc) is 2.74. The Morgan fingerprint density at radius 3 is 2.17 bits per heavy atom. The summed E-state index contributed by atoms with van der Waals surface area (Å²) < 4.78 is 5.20. The molecule has 0 fully saturated rings. The first-order chi connectivity index (χ1) is 13.6. The standard InChI is InChI=1S/C23H19NO4.Na/c1-28-17-13-11-16(12-14-17)24-21(15-7-3-2-4-8-15)20(23(26)27)18-9-5-6-10-19(18)22(24)25;/h2-14,20-21H,1H3,(H,26,27);/q;+1/p-1. The van der Waals surface area contributed by atoms with Crippen LogP contribution in [0.5, 0.6) is 5.75 Å². The summed E-state index contributed by atoms with van der Waals surface area (Å²) in [7, 11) is 1.57. The molecule has 3 aromatic carbocycles. The van der Waals surface area contributed by atoms with Crippen molar-refractivity contribution >= 4 is 17.6 Å². The number of carbonyl (C=O) groups is 2. The fourth-order valence-electron chi connectivity index (χ4n) is 3.81. The van der Waals surface area contributed by atoms with Crippen LogP contribution in [-0.2, 0) is 4.79 Å². The normalized spacial score (nSPS) is 17.8. The predicted molar refractivity (Wildman–Crippen MR) is 103 cm³/mol. The van der Waals surface area contributed by atoms with Gasteiger partial charge in [-0.15, -0.1) is 0 Å². The van der Waals surface area contributed by atoms with Gasteiger partial charge in [0.1, 0.15) is 5.75 Å². The molecule has 0 saturated heterocycles. The van der Waals surface area contributed by atoms with Gasteiger partial charge in [0.25, 0.3) is 5.91 Å². The van der Waals surface area contributed by atoms with E-state index in [1.54, 1.807) is 55.6 Å². The number of methoxy groups -OCH3 is 1. The zero-order valence-corrected chi connectivity index (χ0v) is 18.2. The first kappa shape index (κ1) is 21.1. The van der Waals surface area contributed by atoms with Crippen molar-refractivity contribution in [3.05, 3.63) is 95.6 Å². The number of carboxylic acid groups (broad SMARTS) is 1. The number of carboxylic acids is 1. The molecule has 3 aromatic rings. The number of fused-ring (bicyclic) bond motifs is 1. The second-order valence-corrected chi connectivity index (χ2v) is 6.61. The zero-order chi connectivity index (χ0) is 19.7. The van der Waals surface area contributed by atoms with Crippen LogP contribution in [0.1, 0.15) is 33.4 Å². The van der Waals surface area contributed by atoms with Gasteiger partial charge >= 0.3 is 29.6 Å². The van der Waals surface area contributed by atoms with Crippen LogP contribution in [0.3, 0.4) is 0 Å². The van der Waals surface area contributed by atoms with Crippen molar-refractivity contribution in [2.24, 2.45) is 0 Å². The second-order valence-electron chi connectivity index (χ2n) is 6.61. The molecule has 0 N–H and O–H groups in total. The Morgan fingerprint density at radius 2 is 1.55 bits per heavy atom. The van der Waals surface area contributed by atoms with E-state index in [1.165, 1.54) is 4.90 Å². The third-order valence-corrected chi connectivity index (χ3v) is 5.08. The van der Waals surface area contributed by atoms with E-state index in [0.29, 0.717) is 22.6 Å². The van der Waals surface area contributed by atoms with Gasteiger partial charge in [-0.1, -0.05) is 48.5 Å². The molecular formula is C23H18NNaO4. The Balaban J connectivity index is 0.00000240. The third kappa shape index (κ3) is 3.81. The van der Waals surface area contributed by atoms with Gasteiger partial charge in [0, 0.05) is 17.2 Å². The number of ether oxygens (including phenoxy) is 1. The minimum atomic E-state index is -1.22. The minimum Gasteiger partial charge on any atom is -0.549 e. The largest absolute Gasteiger partial charge is 1.00 e. The summed E-state index contributed by atoms with van der Waals surface area (Å²) in [6.07, 6.45) is 0. The van der Waals surface area contributed by atoms with E-state index in [-0.39, 0.29) is 35.5 Å². The molecule has 1 amide bonds. The molecule has 1 aliphatic rings. The smallest absolute Gasteiger partial charge is 0.549 e. The Kier molecular flexibility index (Phi) is 6.42. The maximum atomic E-state index is 13.4. The summed E-state index contributed by atoms with van der Waals surface area (Å²) in [5.41, 5.74) is 2.18. The summed E-state index contributed by atoms with van der Waals surface area (Å²) in [4.78, 5) is 27.2. The number of benzene rings is 3. The summed E-state index contributed by atoms with van der Waals surface area (Å²) in [6.45, 7) is 0. The SMILES string of the molecule is COc1ccc(N2C(=O)c3ccccc3C(C(=O)[O-])C2c2ccccc2)cc1.[Na+]. The number of amides is 1. The van der Waals surface area contributed by atoms with Gasteiger partial charge in [-0.25, -0.2) is 0 Å². The molecule has 0 bridgehead atoms. The molecule has 4 rings (SSSR count). The molecule has 2 unspecified atom stereocenters. The van der Waals surface area contributed by atoms with Crippen molar-refractivity contribution in [3.8, 4) is 5.75 Å². The maximum Gasteiger partial charge on any atom is 1.00 e. The van der Waals surface area contributed by atoms with Crippen LogP contribution in [0.4, 0.5) is 5.69 Å². The monoisotopic (exact) mass is 395 g/mol. The zero-order valence-electron chi connectivity index (χ0n) is 16.2. The molecule has 0 spiro atoms. The first-order valence-electron chi connectivity index (χ1n) is 8.94. The number of hydrogen-bond donors (Lipinski definition) is 0. The Hall–Kier alpha value is -2.60. The van der Waals surface area contributed by atoms with Crippen LogP contribution < -0.4 is 44.3 Å². The summed E-state index contributed by atoms with van der Waals surface area (Å²) in [5, 5.41) is 12.2. The van der Waals surface area contributed by atoms with E-state index in [9.17, 15) is 14.7 Å². The van der Waals surface area contributed by atoms with E-state index in [2.05, 4.69) is 0 Å². The number of nitrogens with zero attached hydrogens (tertiary/aromatic N) is 1. The van der Waals surface area contributed by atoms with Crippen LogP contribution in [0, 0.1) is 0 Å². The number of carbonyl (C=O) groups excluding carboxylic acids is 2. The molecule has 0 aromatic heterocycles. The van der Waals surface area contributed by atoms with Crippen molar-refractivity contribution in [1.29, 1.82) is 0 Å². The molecule has 0 aliphatic carbocycles. The third-order valence-electron chi connectivity index (χ3n) is 5.08. The number of rotatable bonds is 4. The maximum absolute atomic E-state index is 13.4. The van der Waals surface area contributed by atoms with Gasteiger partial charge in [-0.2, -0.15) is 0 Å². The van der Waals surface area contributed by atoms with Crippen molar-refractivity contribution in [1.82, 2.24) is 0 Å². The Bertz CT molecular complexity index is 1020. The second kappa shape index (κ2) is 8.82. The molecule has 29 heavy (non-hydrogen) atoms. The number of hydrogen-bond acceptors (Lipinski definition) is 4. The van der Waals surface area contributed by atoms with Crippen LogP contribution in [0.15, 0.2) is 78.9 Å². The molecule has 1 aliphatic heterocycles. The van der Waals surface area contributed by atoms with Crippen LogP contribution in [0.2, 0.25) is 0 Å². The molecule has 5 nitrogen and oxygen atoms in total. The summed E-state index contributed by atoms with van der Waals surface area (Å²) in [5.74, 6) is -1.79. The number of anilines is 1. The van der Waals surface area contributed by atoms with Crippen molar-refractivity contribution in [3.63, 3.8) is 0 Å². The van der Waals surface area contributed by atoms with E-state index < -0.39 is 17.9 Å². The molecular weight excluding hydrogens is 377 g/mol. The van der Waals surface area contributed by atoms with Crippen LogP contribution >= 0.6 is 0 Å². The van der Waals surface area contributed by atoms with Gasteiger partial charge in [-0.3, -0.25) is 9.69 Å². The van der Waals surface area contributed by atoms with Crippen LogP contribution in [-0.4, -0.2) is 19.0 Å². The van der Waals surface area contributed by atoms with Gasteiger partial charge in [0.2, 0.25) is 0 Å². The molecule has 2 atom stereocenters. The van der Waals surface area contributed by atoms with Crippen molar-refractivity contribution in [2.75, 3.05) is 12.0 Å². The van der Waals surface area contributed by atoms with E-state index >= 15 is 0 Å². The number of aliphatic carboxylic acids is 1. The summed E-state index contributed by atoms with van der Waals surface area (Å²) in [6, 6.07) is 22.3. The van der Waals surface area contributed by atoms with Crippen LogP contribution in [0.25, 0.3) is 0 Å². The van der Waals surface area contributed by atoms with E-state index in [4.69, 9.17) is 4.74 Å². The topological polar surface area (TPSA) is 69.7 Å². The van der Waals surface area contributed by atoms with Gasteiger partial charge in [0.05, 0.1) is 19.1 Å². The predicted octanol–water partition coefficient (Wildman–Crippen LogP) is -0.0656. The molecule has 0 radical (unpaired) electrons. The minimum absolute atomic E-state index is 0. The van der Waals surface area contributed by atoms with E-state index in [1.807, 2.05) is 30.3 Å². The first-order valence-corrected chi connectivity index (χ1v) is 8.94. The fourth-order valence-corrected chi connectivity index (χ4v) is 3.81. The summed E-state index contributed by atoms with van der Waals surface area (Å²) >= 11 is 0. The molecule has 0 saturated carbocycles. The molecule has 6 heteroatoms. The van der Waals surface area contributed by atoms with Gasteiger partial charge in [0.15, 0.2) is 0 Å². The Morgan fingerprint density at radius 1 is 0.931 bits per heavy atom. The molecule has 1 heterocycles. The Labute approximate surface area is 191 Å². The molecule has 140 valence electrons.